The molecule has 1 heterocycles. The highest BCUT2D eigenvalue weighted by molar-refractivity contribution is 6.30. The van der Waals surface area contributed by atoms with E-state index < -0.39 is 0 Å². The van der Waals surface area contributed by atoms with Gasteiger partial charge in [0.25, 0.3) is 0 Å². The molecule has 0 aliphatic rings. The van der Waals surface area contributed by atoms with E-state index in [4.69, 9.17) is 16.9 Å². The second kappa shape index (κ2) is 4.76. The first-order valence-corrected chi connectivity index (χ1v) is 5.01. The van der Waals surface area contributed by atoms with Crippen molar-refractivity contribution >= 4 is 23.1 Å². The molecule has 1 aromatic heterocycles. The number of benzene rings is 1. The minimum atomic E-state index is -0.336. The first-order valence-electron chi connectivity index (χ1n) is 4.64. The van der Waals surface area contributed by atoms with Crippen LogP contribution in [0.5, 0.6) is 0 Å². The minimum absolute atomic E-state index is 0.0760. The monoisotopic (exact) mass is 248 g/mol. The Morgan fingerprint density at radius 1 is 1.24 bits per heavy atom. The highest BCUT2D eigenvalue weighted by atomic mass is 35.5. The van der Waals surface area contributed by atoms with E-state index in [1.807, 2.05) is 6.07 Å². The summed E-state index contributed by atoms with van der Waals surface area (Å²) in [7, 11) is 0. The van der Waals surface area contributed by atoms with E-state index >= 15 is 0 Å². The molecule has 0 bridgehead atoms. The smallest absolute Gasteiger partial charge is 0.153 e. The molecular formula is C11H6ClFN4. The van der Waals surface area contributed by atoms with Crippen LogP contribution in [0.1, 0.15) is 5.56 Å². The number of nitriles is 1. The summed E-state index contributed by atoms with van der Waals surface area (Å²) in [6.45, 7) is 0. The first kappa shape index (κ1) is 11.3. The zero-order valence-electron chi connectivity index (χ0n) is 8.48. The van der Waals surface area contributed by atoms with Crippen LogP contribution < -0.4 is 5.32 Å². The molecule has 1 aromatic carbocycles. The summed E-state index contributed by atoms with van der Waals surface area (Å²) in [5.41, 5.74) is 0.760. The van der Waals surface area contributed by atoms with Crippen LogP contribution in [0.4, 0.5) is 15.9 Å². The van der Waals surface area contributed by atoms with E-state index in [1.54, 1.807) is 0 Å². The SMILES string of the molecule is N#Cc1c(Cl)ncnc1Nc1ccc(F)cc1. The molecule has 0 saturated heterocycles. The largest absolute Gasteiger partial charge is 0.339 e. The van der Waals surface area contributed by atoms with Gasteiger partial charge in [0.1, 0.15) is 23.8 Å². The predicted octanol–water partition coefficient (Wildman–Crippen LogP) is 2.88. The van der Waals surface area contributed by atoms with Gasteiger partial charge in [-0.15, -0.1) is 0 Å². The lowest BCUT2D eigenvalue weighted by Crippen LogP contribution is -1.98. The Labute approximate surface area is 102 Å². The van der Waals surface area contributed by atoms with Crippen molar-refractivity contribution in [2.75, 3.05) is 5.32 Å². The van der Waals surface area contributed by atoms with Gasteiger partial charge in [-0.25, -0.2) is 14.4 Å². The van der Waals surface area contributed by atoms with E-state index in [2.05, 4.69) is 15.3 Å². The first-order chi connectivity index (χ1) is 8.20. The van der Waals surface area contributed by atoms with Crippen molar-refractivity contribution in [1.82, 2.24) is 9.97 Å². The van der Waals surface area contributed by atoms with Crippen molar-refractivity contribution in [3.63, 3.8) is 0 Å². The number of nitrogens with one attached hydrogen (secondary N) is 1. The molecular weight excluding hydrogens is 243 g/mol. The maximum absolute atomic E-state index is 12.7. The third kappa shape index (κ3) is 2.49. The summed E-state index contributed by atoms with van der Waals surface area (Å²) >= 11 is 5.75. The lowest BCUT2D eigenvalue weighted by Gasteiger charge is -2.06. The molecule has 2 rings (SSSR count). The lowest BCUT2D eigenvalue weighted by atomic mass is 10.3. The summed E-state index contributed by atoms with van der Waals surface area (Å²) in [5.74, 6) is -0.0455. The summed E-state index contributed by atoms with van der Waals surface area (Å²) in [5, 5.41) is 11.8. The van der Waals surface area contributed by atoms with E-state index in [-0.39, 0.29) is 16.5 Å². The Hall–Kier alpha value is -2.19. The van der Waals surface area contributed by atoms with Crippen molar-refractivity contribution in [3.8, 4) is 6.07 Å². The molecule has 1 N–H and O–H groups in total. The maximum Gasteiger partial charge on any atom is 0.153 e. The summed E-state index contributed by atoms with van der Waals surface area (Å²) in [6.07, 6.45) is 1.25. The predicted molar refractivity (Wildman–Crippen MR) is 61.4 cm³/mol. The fourth-order valence-corrected chi connectivity index (χ4v) is 1.40. The molecule has 0 aliphatic heterocycles. The quantitative estimate of drug-likeness (QED) is 0.830. The van der Waals surface area contributed by atoms with Gasteiger partial charge in [-0.3, -0.25) is 0 Å². The van der Waals surface area contributed by atoms with Gasteiger partial charge in [-0.1, -0.05) is 11.6 Å². The molecule has 84 valence electrons. The Bertz CT molecular complexity index is 577. The second-order valence-corrected chi connectivity index (χ2v) is 3.49. The molecule has 4 nitrogen and oxygen atoms in total. The fourth-order valence-electron chi connectivity index (χ4n) is 1.23. The highest BCUT2D eigenvalue weighted by Crippen LogP contribution is 2.22. The molecule has 0 fully saturated rings. The number of hydrogen-bond acceptors (Lipinski definition) is 4. The van der Waals surface area contributed by atoms with E-state index in [9.17, 15) is 4.39 Å². The third-order valence-corrected chi connectivity index (χ3v) is 2.31. The third-order valence-electron chi connectivity index (χ3n) is 2.02. The molecule has 6 heteroatoms. The van der Waals surface area contributed by atoms with Crippen LogP contribution in [0, 0.1) is 17.1 Å². The number of anilines is 2. The molecule has 0 amide bonds. The molecule has 0 saturated carbocycles. The van der Waals surface area contributed by atoms with Crippen molar-refractivity contribution < 1.29 is 4.39 Å². The Kier molecular flexibility index (Phi) is 3.17. The molecule has 0 radical (unpaired) electrons. The Morgan fingerprint density at radius 2 is 1.94 bits per heavy atom. The van der Waals surface area contributed by atoms with Crippen molar-refractivity contribution in [3.05, 3.63) is 47.1 Å². The zero-order chi connectivity index (χ0) is 12.3. The van der Waals surface area contributed by atoms with Crippen molar-refractivity contribution in [2.24, 2.45) is 0 Å². The van der Waals surface area contributed by atoms with Gasteiger partial charge in [0.15, 0.2) is 11.0 Å². The van der Waals surface area contributed by atoms with Gasteiger partial charge < -0.3 is 5.32 Å². The summed E-state index contributed by atoms with van der Waals surface area (Å²) < 4.78 is 12.7. The van der Waals surface area contributed by atoms with Gasteiger partial charge in [0, 0.05) is 5.69 Å². The van der Waals surface area contributed by atoms with E-state index in [1.165, 1.54) is 30.6 Å². The topological polar surface area (TPSA) is 61.6 Å². The Morgan fingerprint density at radius 3 is 2.59 bits per heavy atom. The fraction of sp³-hybridized carbons (Fsp3) is 0. The van der Waals surface area contributed by atoms with Gasteiger partial charge >= 0.3 is 0 Å². The average Bonchev–Trinajstić information content (AvgIpc) is 2.32. The highest BCUT2D eigenvalue weighted by Gasteiger charge is 2.09. The van der Waals surface area contributed by atoms with Gasteiger partial charge in [-0.05, 0) is 24.3 Å². The molecule has 2 aromatic rings. The molecule has 0 spiro atoms. The second-order valence-electron chi connectivity index (χ2n) is 3.13. The number of nitrogens with zero attached hydrogens (tertiary/aromatic N) is 3. The standard InChI is InChI=1S/C11H6ClFN4/c12-10-9(5-14)11(16-6-15-10)17-8-3-1-7(13)2-4-8/h1-4,6H,(H,15,16,17). The number of halogens is 2. The van der Waals surface area contributed by atoms with Gasteiger partial charge in [-0.2, -0.15) is 5.26 Å². The van der Waals surface area contributed by atoms with Crippen LogP contribution in [0.2, 0.25) is 5.15 Å². The van der Waals surface area contributed by atoms with Gasteiger partial charge in [0.2, 0.25) is 0 Å². The van der Waals surface area contributed by atoms with Crippen LogP contribution in [-0.4, -0.2) is 9.97 Å². The summed E-state index contributed by atoms with van der Waals surface area (Å²) in [4.78, 5) is 7.60. The van der Waals surface area contributed by atoms with Crippen LogP contribution >= 0.6 is 11.6 Å². The van der Waals surface area contributed by atoms with Gasteiger partial charge in [0.05, 0.1) is 0 Å². The van der Waals surface area contributed by atoms with Crippen molar-refractivity contribution in [2.45, 2.75) is 0 Å². The number of aromatic nitrogens is 2. The molecule has 17 heavy (non-hydrogen) atoms. The molecule has 0 unspecified atom stereocenters. The van der Waals surface area contributed by atoms with E-state index in [0.717, 1.165) is 0 Å². The maximum atomic E-state index is 12.7. The normalized spacial score (nSPS) is 9.71. The van der Waals surface area contributed by atoms with Crippen LogP contribution in [0.25, 0.3) is 0 Å². The van der Waals surface area contributed by atoms with Crippen LogP contribution in [-0.2, 0) is 0 Å². The zero-order valence-corrected chi connectivity index (χ0v) is 9.24. The van der Waals surface area contributed by atoms with Crippen LogP contribution in [0.3, 0.4) is 0 Å². The Balaban J connectivity index is 2.34. The lowest BCUT2D eigenvalue weighted by molar-refractivity contribution is 0.628. The van der Waals surface area contributed by atoms with Crippen molar-refractivity contribution in [1.29, 1.82) is 5.26 Å². The number of hydrogen-bond donors (Lipinski definition) is 1. The summed E-state index contributed by atoms with van der Waals surface area (Å²) in [6, 6.07) is 7.58. The van der Waals surface area contributed by atoms with E-state index in [0.29, 0.717) is 11.5 Å². The number of rotatable bonds is 2. The molecule has 0 atom stereocenters. The minimum Gasteiger partial charge on any atom is -0.339 e. The molecule has 0 aliphatic carbocycles. The van der Waals surface area contributed by atoms with Crippen LogP contribution in [0.15, 0.2) is 30.6 Å². The average molecular weight is 249 g/mol.